The second-order valence-corrected chi connectivity index (χ2v) is 10.4. The molecule has 3 aromatic rings. The van der Waals surface area contributed by atoms with E-state index in [1.807, 2.05) is 11.6 Å². The van der Waals surface area contributed by atoms with Gasteiger partial charge in [-0.1, -0.05) is 19.9 Å². The SMILES string of the molecule is CCC(Oc1ccc(C(=O)NS(=O)(=O)N2CCN(CC)CC2)c(F)c1F)c1ccc(Oc2ccccn2)cn1. The van der Waals surface area contributed by atoms with E-state index in [0.29, 0.717) is 36.8 Å². The van der Waals surface area contributed by atoms with E-state index in [1.54, 1.807) is 43.5 Å². The molecule has 10 nitrogen and oxygen atoms in total. The largest absolute Gasteiger partial charge is 0.481 e. The van der Waals surface area contributed by atoms with Gasteiger partial charge in [0.1, 0.15) is 11.9 Å². The van der Waals surface area contributed by atoms with Crippen molar-refractivity contribution in [1.82, 2.24) is 23.9 Å². The molecule has 0 spiro atoms. The second-order valence-electron chi connectivity index (χ2n) is 8.71. The van der Waals surface area contributed by atoms with Crippen molar-refractivity contribution in [3.05, 3.63) is 77.8 Å². The Morgan fingerprint density at radius 3 is 2.41 bits per heavy atom. The van der Waals surface area contributed by atoms with E-state index in [4.69, 9.17) is 9.47 Å². The summed E-state index contributed by atoms with van der Waals surface area (Å²) in [6, 6.07) is 10.6. The first kappa shape index (κ1) is 28.3. The van der Waals surface area contributed by atoms with Gasteiger partial charge in [-0.15, -0.1) is 0 Å². The van der Waals surface area contributed by atoms with Gasteiger partial charge in [-0.25, -0.2) is 14.1 Å². The lowest BCUT2D eigenvalue weighted by atomic mass is 10.1. The van der Waals surface area contributed by atoms with Crippen LogP contribution in [-0.2, 0) is 10.2 Å². The average molecular weight is 562 g/mol. The molecule has 1 aromatic carbocycles. The number of benzene rings is 1. The number of rotatable bonds is 10. The second kappa shape index (κ2) is 12.5. The zero-order chi connectivity index (χ0) is 28.0. The van der Waals surface area contributed by atoms with Crippen molar-refractivity contribution in [3.8, 4) is 17.4 Å². The van der Waals surface area contributed by atoms with Gasteiger partial charge in [0.05, 0.1) is 17.5 Å². The molecule has 1 N–H and O–H groups in total. The standard InChI is InChI=1S/C26H29F2N5O5S/c1-3-21(20-10-8-18(17-30-20)37-23-7-5-6-12-29-23)38-22-11-9-19(24(27)25(22)28)26(34)31-39(35,36)33-15-13-32(4-2)14-16-33/h5-12,17,21H,3-4,13-16H2,1-2H3,(H,31,34). The van der Waals surface area contributed by atoms with Crippen LogP contribution in [0.2, 0.25) is 0 Å². The van der Waals surface area contributed by atoms with Crippen molar-refractivity contribution in [1.29, 1.82) is 0 Å². The van der Waals surface area contributed by atoms with Crippen LogP contribution in [0, 0.1) is 11.6 Å². The molecule has 0 radical (unpaired) electrons. The predicted molar refractivity (Wildman–Crippen MR) is 139 cm³/mol. The predicted octanol–water partition coefficient (Wildman–Crippen LogP) is 3.69. The summed E-state index contributed by atoms with van der Waals surface area (Å²) >= 11 is 0. The van der Waals surface area contributed by atoms with Crippen molar-refractivity contribution in [3.63, 3.8) is 0 Å². The van der Waals surface area contributed by atoms with Crippen LogP contribution in [0.5, 0.6) is 17.4 Å². The smallest absolute Gasteiger partial charge is 0.304 e. The lowest BCUT2D eigenvalue weighted by Crippen LogP contribution is -2.52. The topological polar surface area (TPSA) is 114 Å². The quantitative estimate of drug-likeness (QED) is 0.399. The molecular weight excluding hydrogens is 532 g/mol. The molecule has 1 fully saturated rings. The molecule has 4 rings (SSSR count). The van der Waals surface area contributed by atoms with Crippen molar-refractivity contribution >= 4 is 16.1 Å². The van der Waals surface area contributed by atoms with Crippen LogP contribution in [0.1, 0.15) is 42.4 Å². The third-order valence-corrected chi connectivity index (χ3v) is 7.71. The van der Waals surface area contributed by atoms with Gasteiger partial charge in [0, 0.05) is 38.4 Å². The number of hydrogen-bond donors (Lipinski definition) is 1. The third kappa shape index (κ3) is 6.85. The van der Waals surface area contributed by atoms with E-state index in [1.165, 1.54) is 6.20 Å². The number of carbonyl (C=O) groups is 1. The molecule has 1 unspecified atom stereocenters. The summed E-state index contributed by atoms with van der Waals surface area (Å²) in [7, 11) is -4.22. The highest BCUT2D eigenvalue weighted by atomic mass is 32.2. The van der Waals surface area contributed by atoms with Crippen molar-refractivity contribution in [2.24, 2.45) is 0 Å². The maximum atomic E-state index is 14.9. The summed E-state index contributed by atoms with van der Waals surface area (Å²) in [5.74, 6) is -3.81. The van der Waals surface area contributed by atoms with Crippen molar-refractivity contribution in [2.45, 2.75) is 26.4 Å². The molecule has 3 heterocycles. The number of nitrogens with zero attached hydrogens (tertiary/aromatic N) is 4. The third-order valence-electron chi connectivity index (χ3n) is 6.22. The lowest BCUT2D eigenvalue weighted by molar-refractivity contribution is 0.0971. The van der Waals surface area contributed by atoms with Gasteiger partial charge < -0.3 is 14.4 Å². The number of piperazine rings is 1. The maximum Gasteiger partial charge on any atom is 0.304 e. The summed E-state index contributed by atoms with van der Waals surface area (Å²) in [5.41, 5.74) is -0.306. The first-order valence-electron chi connectivity index (χ1n) is 12.5. The number of halogens is 2. The van der Waals surface area contributed by atoms with E-state index in [0.717, 1.165) is 23.0 Å². The summed E-state index contributed by atoms with van der Waals surface area (Å²) in [5, 5.41) is 0. The minimum absolute atomic E-state index is 0.183. The number of ether oxygens (including phenoxy) is 2. The van der Waals surface area contributed by atoms with Gasteiger partial charge in [-0.05, 0) is 43.3 Å². The van der Waals surface area contributed by atoms with Gasteiger partial charge in [-0.2, -0.15) is 17.1 Å². The fourth-order valence-corrected chi connectivity index (χ4v) is 5.12. The van der Waals surface area contributed by atoms with Gasteiger partial charge >= 0.3 is 10.2 Å². The number of amides is 1. The zero-order valence-corrected chi connectivity index (χ0v) is 22.3. The molecule has 1 aliphatic rings. The van der Waals surface area contributed by atoms with E-state index >= 15 is 0 Å². The molecule has 0 saturated carbocycles. The van der Waals surface area contributed by atoms with E-state index in [9.17, 15) is 22.0 Å². The number of likely N-dealkylation sites (N-methyl/N-ethyl adjacent to an activating group) is 1. The Morgan fingerprint density at radius 1 is 1.03 bits per heavy atom. The number of nitrogens with one attached hydrogen (secondary N) is 1. The van der Waals surface area contributed by atoms with Gasteiger partial charge in [0.2, 0.25) is 11.7 Å². The summed E-state index contributed by atoms with van der Waals surface area (Å²) < 4.78 is 69.2. The minimum Gasteiger partial charge on any atom is -0.481 e. The van der Waals surface area contributed by atoms with E-state index in [2.05, 4.69) is 14.9 Å². The average Bonchev–Trinajstić information content (AvgIpc) is 2.94. The first-order valence-corrected chi connectivity index (χ1v) is 13.9. The summed E-state index contributed by atoms with van der Waals surface area (Å²) in [6.07, 6.45) is 2.70. The molecule has 1 atom stereocenters. The molecule has 2 aromatic heterocycles. The van der Waals surface area contributed by atoms with Crippen LogP contribution in [0.25, 0.3) is 0 Å². The molecule has 1 aliphatic heterocycles. The van der Waals surface area contributed by atoms with Crippen molar-refractivity contribution < 1.29 is 31.5 Å². The van der Waals surface area contributed by atoms with Crippen LogP contribution in [0.4, 0.5) is 8.78 Å². The summed E-state index contributed by atoms with van der Waals surface area (Å²) in [6.45, 7) is 5.91. The van der Waals surface area contributed by atoms with Gasteiger partial charge in [0.25, 0.3) is 5.91 Å². The zero-order valence-electron chi connectivity index (χ0n) is 21.5. The molecule has 13 heteroatoms. The van der Waals surface area contributed by atoms with Crippen LogP contribution in [0.15, 0.2) is 54.9 Å². The molecule has 1 amide bonds. The molecule has 0 aliphatic carbocycles. The Balaban J connectivity index is 1.43. The monoisotopic (exact) mass is 561 g/mol. The number of hydrogen-bond acceptors (Lipinski definition) is 8. The Morgan fingerprint density at radius 2 is 1.79 bits per heavy atom. The fraction of sp³-hybridized carbons (Fsp3) is 0.346. The van der Waals surface area contributed by atoms with E-state index in [-0.39, 0.29) is 13.1 Å². The molecule has 1 saturated heterocycles. The lowest BCUT2D eigenvalue weighted by Gasteiger charge is -2.32. The maximum absolute atomic E-state index is 14.9. The molecule has 208 valence electrons. The first-order chi connectivity index (χ1) is 18.7. The normalized spacial score (nSPS) is 15.5. The molecule has 0 bridgehead atoms. The highest BCUT2D eigenvalue weighted by Crippen LogP contribution is 2.30. The van der Waals surface area contributed by atoms with Crippen LogP contribution < -0.4 is 14.2 Å². The summed E-state index contributed by atoms with van der Waals surface area (Å²) in [4.78, 5) is 23.0. The van der Waals surface area contributed by atoms with E-state index < -0.39 is 45.2 Å². The highest BCUT2D eigenvalue weighted by molar-refractivity contribution is 7.87. The number of carbonyl (C=O) groups excluding carboxylic acids is 1. The Labute approximate surface area is 225 Å². The van der Waals surface area contributed by atoms with Crippen LogP contribution in [0.3, 0.4) is 0 Å². The number of aromatic nitrogens is 2. The Hall–Kier alpha value is -3.68. The fourth-order valence-electron chi connectivity index (χ4n) is 4.00. The molecule has 39 heavy (non-hydrogen) atoms. The van der Waals surface area contributed by atoms with Crippen LogP contribution >= 0.6 is 0 Å². The van der Waals surface area contributed by atoms with Crippen LogP contribution in [-0.4, -0.2) is 66.2 Å². The van der Waals surface area contributed by atoms with Gasteiger partial charge in [-0.3, -0.25) is 9.78 Å². The Kier molecular flexibility index (Phi) is 9.04. The van der Waals surface area contributed by atoms with Crippen molar-refractivity contribution in [2.75, 3.05) is 32.7 Å². The molecular formula is C26H29F2N5O5S. The number of pyridine rings is 2. The van der Waals surface area contributed by atoms with Gasteiger partial charge in [0.15, 0.2) is 11.6 Å². The highest BCUT2D eigenvalue weighted by Gasteiger charge is 2.30. The minimum atomic E-state index is -4.22. The Bertz CT molecular complexity index is 1390.